The van der Waals surface area contributed by atoms with Gasteiger partial charge in [0.25, 0.3) is 0 Å². The molecule has 2 rings (SSSR count). The van der Waals surface area contributed by atoms with Crippen molar-refractivity contribution in [1.29, 1.82) is 0 Å². The summed E-state index contributed by atoms with van der Waals surface area (Å²) in [5, 5.41) is 3.84. The molecule has 1 fully saturated rings. The van der Waals surface area contributed by atoms with Crippen LogP contribution in [0.2, 0.25) is 5.02 Å². The molecule has 0 spiro atoms. The van der Waals surface area contributed by atoms with Gasteiger partial charge >= 0.3 is 5.97 Å². The summed E-state index contributed by atoms with van der Waals surface area (Å²) in [6, 6.07) is 5.81. The molecule has 21 heavy (non-hydrogen) atoms. The smallest absolute Gasteiger partial charge is 0.307 e. The quantitative estimate of drug-likeness (QED) is 0.562. The Balaban J connectivity index is 1.70. The molecular formula is C16H22ClNO3. The van der Waals surface area contributed by atoms with E-state index in [9.17, 15) is 4.79 Å². The van der Waals surface area contributed by atoms with E-state index in [0.717, 1.165) is 17.9 Å². The number of hydrogen-bond donors (Lipinski definition) is 1. The summed E-state index contributed by atoms with van der Waals surface area (Å²) in [5.74, 6) is 1.29. The lowest BCUT2D eigenvalue weighted by atomic mass is 10.2. The summed E-state index contributed by atoms with van der Waals surface area (Å²) in [6.07, 6.45) is 2.91. The molecule has 116 valence electrons. The van der Waals surface area contributed by atoms with Crippen LogP contribution in [-0.4, -0.2) is 25.7 Å². The SMILES string of the molecule is CCOC(=O)CCNCc1ccc(OCC2CC2)c(Cl)c1. The first-order valence-corrected chi connectivity index (χ1v) is 7.84. The average Bonchev–Trinajstić information content (AvgIpc) is 3.27. The molecule has 0 aliphatic heterocycles. The topological polar surface area (TPSA) is 47.6 Å². The molecule has 0 atom stereocenters. The number of halogens is 1. The van der Waals surface area contributed by atoms with Gasteiger partial charge in [-0.3, -0.25) is 4.79 Å². The first-order chi connectivity index (χ1) is 10.2. The van der Waals surface area contributed by atoms with E-state index in [1.165, 1.54) is 12.8 Å². The Kier molecular flexibility index (Phi) is 6.33. The Hall–Kier alpha value is -1.26. The van der Waals surface area contributed by atoms with Crippen molar-refractivity contribution in [1.82, 2.24) is 5.32 Å². The summed E-state index contributed by atoms with van der Waals surface area (Å²) < 4.78 is 10.5. The number of carbonyl (C=O) groups excluding carboxylic acids is 1. The zero-order valence-electron chi connectivity index (χ0n) is 12.4. The molecule has 0 amide bonds. The Morgan fingerprint density at radius 3 is 2.90 bits per heavy atom. The molecule has 0 radical (unpaired) electrons. The molecule has 0 heterocycles. The Labute approximate surface area is 130 Å². The van der Waals surface area contributed by atoms with Crippen molar-refractivity contribution in [2.24, 2.45) is 5.92 Å². The highest BCUT2D eigenvalue weighted by Gasteiger charge is 2.22. The number of carbonyl (C=O) groups is 1. The average molecular weight is 312 g/mol. The molecule has 1 saturated carbocycles. The number of nitrogens with one attached hydrogen (secondary N) is 1. The summed E-state index contributed by atoms with van der Waals surface area (Å²) in [5.41, 5.74) is 1.07. The van der Waals surface area contributed by atoms with Crippen LogP contribution in [-0.2, 0) is 16.1 Å². The lowest BCUT2D eigenvalue weighted by Crippen LogP contribution is -2.19. The van der Waals surface area contributed by atoms with Crippen molar-refractivity contribution in [3.8, 4) is 5.75 Å². The summed E-state index contributed by atoms with van der Waals surface area (Å²) in [6.45, 7) is 4.26. The third-order valence-electron chi connectivity index (χ3n) is 3.31. The van der Waals surface area contributed by atoms with Crippen LogP contribution in [0.25, 0.3) is 0 Å². The molecule has 1 N–H and O–H groups in total. The molecule has 0 unspecified atom stereocenters. The van der Waals surface area contributed by atoms with Gasteiger partial charge in [0.2, 0.25) is 0 Å². The zero-order valence-corrected chi connectivity index (χ0v) is 13.1. The highest BCUT2D eigenvalue weighted by molar-refractivity contribution is 6.32. The summed E-state index contributed by atoms with van der Waals surface area (Å²) >= 11 is 6.21. The van der Waals surface area contributed by atoms with Crippen LogP contribution in [0.15, 0.2) is 18.2 Å². The van der Waals surface area contributed by atoms with E-state index in [1.807, 2.05) is 18.2 Å². The summed E-state index contributed by atoms with van der Waals surface area (Å²) in [7, 11) is 0. The van der Waals surface area contributed by atoms with Crippen LogP contribution in [0.3, 0.4) is 0 Å². The van der Waals surface area contributed by atoms with Gasteiger partial charge in [-0.25, -0.2) is 0 Å². The van der Waals surface area contributed by atoms with Gasteiger partial charge in [-0.2, -0.15) is 0 Å². The van der Waals surface area contributed by atoms with E-state index < -0.39 is 0 Å². The Morgan fingerprint density at radius 2 is 2.24 bits per heavy atom. The van der Waals surface area contributed by atoms with Gasteiger partial charge in [-0.1, -0.05) is 17.7 Å². The van der Waals surface area contributed by atoms with Crippen molar-refractivity contribution in [2.75, 3.05) is 19.8 Å². The normalized spacial score (nSPS) is 14.0. The van der Waals surface area contributed by atoms with Crippen LogP contribution < -0.4 is 10.1 Å². The Morgan fingerprint density at radius 1 is 1.43 bits per heavy atom. The predicted octanol–water partition coefficient (Wildman–Crippen LogP) is 3.17. The van der Waals surface area contributed by atoms with Crippen molar-refractivity contribution in [2.45, 2.75) is 32.7 Å². The van der Waals surface area contributed by atoms with E-state index in [-0.39, 0.29) is 5.97 Å². The fraction of sp³-hybridized carbons (Fsp3) is 0.562. The van der Waals surface area contributed by atoms with Crippen molar-refractivity contribution in [3.05, 3.63) is 28.8 Å². The van der Waals surface area contributed by atoms with Crippen molar-refractivity contribution in [3.63, 3.8) is 0 Å². The number of hydrogen-bond acceptors (Lipinski definition) is 4. The number of esters is 1. The van der Waals surface area contributed by atoms with Crippen LogP contribution in [0.4, 0.5) is 0 Å². The van der Waals surface area contributed by atoms with E-state index in [1.54, 1.807) is 6.92 Å². The highest BCUT2D eigenvalue weighted by atomic mass is 35.5. The molecule has 1 aromatic carbocycles. The molecule has 0 aromatic heterocycles. The van der Waals surface area contributed by atoms with E-state index in [0.29, 0.717) is 37.1 Å². The second kappa shape index (κ2) is 8.25. The molecule has 1 aromatic rings. The maximum atomic E-state index is 11.2. The fourth-order valence-electron chi connectivity index (χ4n) is 1.92. The first kappa shape index (κ1) is 16.1. The minimum atomic E-state index is -0.174. The van der Waals surface area contributed by atoms with Crippen LogP contribution in [0.1, 0.15) is 31.7 Å². The maximum Gasteiger partial charge on any atom is 0.307 e. The van der Waals surface area contributed by atoms with Crippen LogP contribution in [0.5, 0.6) is 5.75 Å². The van der Waals surface area contributed by atoms with Gasteiger partial charge in [0, 0.05) is 13.1 Å². The third-order valence-corrected chi connectivity index (χ3v) is 3.60. The largest absolute Gasteiger partial charge is 0.492 e. The van der Waals surface area contributed by atoms with E-state index >= 15 is 0 Å². The van der Waals surface area contributed by atoms with Gasteiger partial charge in [0.05, 0.1) is 24.7 Å². The standard InChI is InChI=1S/C16H22ClNO3/c1-2-20-16(19)7-8-18-10-13-5-6-15(14(17)9-13)21-11-12-3-4-12/h5-6,9,12,18H,2-4,7-8,10-11H2,1H3. The van der Waals surface area contributed by atoms with E-state index in [2.05, 4.69) is 5.32 Å². The van der Waals surface area contributed by atoms with Crippen molar-refractivity contribution < 1.29 is 14.3 Å². The van der Waals surface area contributed by atoms with Gasteiger partial charge in [-0.05, 0) is 43.4 Å². The number of ether oxygens (including phenoxy) is 2. The van der Waals surface area contributed by atoms with Gasteiger partial charge in [-0.15, -0.1) is 0 Å². The maximum absolute atomic E-state index is 11.2. The van der Waals surface area contributed by atoms with Crippen LogP contribution >= 0.6 is 11.6 Å². The zero-order chi connectivity index (χ0) is 15.1. The lowest BCUT2D eigenvalue weighted by molar-refractivity contribution is -0.142. The molecule has 0 saturated heterocycles. The predicted molar refractivity (Wildman–Crippen MR) is 82.6 cm³/mol. The summed E-state index contributed by atoms with van der Waals surface area (Å²) in [4.78, 5) is 11.2. The Bertz CT molecular complexity index is 475. The molecule has 1 aliphatic carbocycles. The number of benzene rings is 1. The molecule has 1 aliphatic rings. The first-order valence-electron chi connectivity index (χ1n) is 7.46. The van der Waals surface area contributed by atoms with Gasteiger partial charge < -0.3 is 14.8 Å². The second-order valence-electron chi connectivity index (χ2n) is 5.25. The highest BCUT2D eigenvalue weighted by Crippen LogP contribution is 2.32. The second-order valence-corrected chi connectivity index (χ2v) is 5.66. The van der Waals surface area contributed by atoms with Crippen LogP contribution in [0, 0.1) is 5.92 Å². The molecule has 5 heteroatoms. The molecule has 4 nitrogen and oxygen atoms in total. The molecule has 0 bridgehead atoms. The third kappa shape index (κ3) is 5.94. The van der Waals surface area contributed by atoms with Gasteiger partial charge in [0.15, 0.2) is 0 Å². The molecular weight excluding hydrogens is 290 g/mol. The minimum absolute atomic E-state index is 0.174. The van der Waals surface area contributed by atoms with E-state index in [4.69, 9.17) is 21.1 Å². The number of rotatable bonds is 9. The monoisotopic (exact) mass is 311 g/mol. The van der Waals surface area contributed by atoms with Crippen molar-refractivity contribution >= 4 is 17.6 Å². The van der Waals surface area contributed by atoms with Gasteiger partial charge in [0.1, 0.15) is 5.75 Å². The lowest BCUT2D eigenvalue weighted by Gasteiger charge is -2.10. The minimum Gasteiger partial charge on any atom is -0.492 e. The fourth-order valence-corrected chi connectivity index (χ4v) is 2.18.